The molecule has 1 aromatic carbocycles. The van der Waals surface area contributed by atoms with E-state index in [4.69, 9.17) is 4.74 Å². The molecule has 5 heteroatoms. The summed E-state index contributed by atoms with van der Waals surface area (Å²) >= 11 is 1.87. The summed E-state index contributed by atoms with van der Waals surface area (Å²) < 4.78 is 5.35. The molecule has 0 unspecified atom stereocenters. The molecular weight excluding hydrogens is 282 g/mol. The molecule has 0 aliphatic carbocycles. The SMILES string of the molecule is CN=C(NCCCSC)NCCc1ccc(C)c(OC)c1. The van der Waals surface area contributed by atoms with E-state index in [0.29, 0.717) is 0 Å². The normalized spacial score (nSPS) is 11.3. The first-order valence-electron chi connectivity index (χ1n) is 7.28. The van der Waals surface area contributed by atoms with Crippen molar-refractivity contribution in [1.29, 1.82) is 0 Å². The summed E-state index contributed by atoms with van der Waals surface area (Å²) in [6.45, 7) is 3.87. The van der Waals surface area contributed by atoms with Gasteiger partial charge in [0.1, 0.15) is 5.75 Å². The van der Waals surface area contributed by atoms with Gasteiger partial charge in [-0.1, -0.05) is 12.1 Å². The first-order valence-corrected chi connectivity index (χ1v) is 8.67. The van der Waals surface area contributed by atoms with Crippen LogP contribution in [0.15, 0.2) is 23.2 Å². The van der Waals surface area contributed by atoms with Crippen LogP contribution in [0.25, 0.3) is 0 Å². The maximum Gasteiger partial charge on any atom is 0.190 e. The van der Waals surface area contributed by atoms with Gasteiger partial charge < -0.3 is 15.4 Å². The molecule has 0 radical (unpaired) electrons. The van der Waals surface area contributed by atoms with E-state index < -0.39 is 0 Å². The molecule has 0 amide bonds. The van der Waals surface area contributed by atoms with Crippen LogP contribution in [0.5, 0.6) is 5.75 Å². The molecule has 0 aliphatic heterocycles. The summed E-state index contributed by atoms with van der Waals surface area (Å²) in [5.41, 5.74) is 2.43. The molecule has 21 heavy (non-hydrogen) atoms. The van der Waals surface area contributed by atoms with Gasteiger partial charge in [0.05, 0.1) is 7.11 Å². The molecule has 0 aromatic heterocycles. The summed E-state index contributed by atoms with van der Waals surface area (Å²) in [7, 11) is 3.52. The van der Waals surface area contributed by atoms with E-state index in [-0.39, 0.29) is 0 Å². The zero-order valence-corrected chi connectivity index (χ0v) is 14.3. The van der Waals surface area contributed by atoms with Crippen LogP contribution >= 0.6 is 11.8 Å². The van der Waals surface area contributed by atoms with Gasteiger partial charge >= 0.3 is 0 Å². The average molecular weight is 309 g/mol. The third-order valence-corrected chi connectivity index (χ3v) is 3.92. The summed E-state index contributed by atoms with van der Waals surface area (Å²) in [6, 6.07) is 6.35. The fraction of sp³-hybridized carbons (Fsp3) is 0.562. The van der Waals surface area contributed by atoms with Gasteiger partial charge in [-0.15, -0.1) is 0 Å². The Hall–Kier alpha value is -1.36. The number of nitrogens with zero attached hydrogens (tertiary/aromatic N) is 1. The second kappa shape index (κ2) is 10.4. The van der Waals surface area contributed by atoms with Crippen molar-refractivity contribution in [1.82, 2.24) is 10.6 Å². The number of guanidine groups is 1. The highest BCUT2D eigenvalue weighted by atomic mass is 32.2. The van der Waals surface area contributed by atoms with E-state index in [2.05, 4.69) is 47.0 Å². The van der Waals surface area contributed by atoms with Crippen molar-refractivity contribution >= 4 is 17.7 Å². The Morgan fingerprint density at radius 1 is 1.29 bits per heavy atom. The average Bonchev–Trinajstić information content (AvgIpc) is 2.51. The van der Waals surface area contributed by atoms with E-state index in [9.17, 15) is 0 Å². The standard InChI is InChI=1S/C16H27N3OS/c1-13-6-7-14(12-15(13)20-3)8-10-19-16(17-2)18-9-5-11-21-4/h6-7,12H,5,8-11H2,1-4H3,(H2,17,18,19). The third kappa shape index (κ3) is 6.76. The van der Waals surface area contributed by atoms with Crippen LogP contribution in [-0.4, -0.2) is 45.2 Å². The molecule has 0 fully saturated rings. The highest BCUT2D eigenvalue weighted by Crippen LogP contribution is 2.18. The Bertz CT molecular complexity index is 449. The maximum absolute atomic E-state index is 5.35. The lowest BCUT2D eigenvalue weighted by Gasteiger charge is -2.12. The second-order valence-corrected chi connectivity index (χ2v) is 5.81. The summed E-state index contributed by atoms with van der Waals surface area (Å²) in [5, 5.41) is 6.66. The summed E-state index contributed by atoms with van der Waals surface area (Å²) in [6.07, 6.45) is 4.22. The first-order chi connectivity index (χ1) is 10.2. The number of aliphatic imine (C=N–C) groups is 1. The number of rotatable bonds is 8. The fourth-order valence-corrected chi connectivity index (χ4v) is 2.42. The van der Waals surface area contributed by atoms with Crippen LogP contribution in [0.1, 0.15) is 17.5 Å². The van der Waals surface area contributed by atoms with Gasteiger partial charge in [0.25, 0.3) is 0 Å². The number of aryl methyl sites for hydroxylation is 1. The molecule has 0 saturated carbocycles. The number of benzene rings is 1. The number of hydrogen-bond donors (Lipinski definition) is 2. The number of thioether (sulfide) groups is 1. The number of hydrogen-bond acceptors (Lipinski definition) is 3. The van der Waals surface area contributed by atoms with Crippen LogP contribution in [0.3, 0.4) is 0 Å². The molecule has 2 N–H and O–H groups in total. The van der Waals surface area contributed by atoms with Gasteiger partial charge in [0.15, 0.2) is 5.96 Å². The molecule has 1 aromatic rings. The fourth-order valence-electron chi connectivity index (χ4n) is 1.99. The zero-order chi connectivity index (χ0) is 15.5. The molecular formula is C16H27N3OS. The minimum atomic E-state index is 0.856. The predicted molar refractivity (Wildman–Crippen MR) is 93.8 cm³/mol. The quantitative estimate of drug-likeness (QED) is 0.440. The lowest BCUT2D eigenvalue weighted by molar-refractivity contribution is 0.411. The summed E-state index contributed by atoms with van der Waals surface area (Å²) in [4.78, 5) is 4.23. The highest BCUT2D eigenvalue weighted by Gasteiger charge is 2.01. The van der Waals surface area contributed by atoms with Gasteiger partial charge in [-0.25, -0.2) is 0 Å². The Labute approximate surface area is 132 Å². The van der Waals surface area contributed by atoms with E-state index >= 15 is 0 Å². The van der Waals surface area contributed by atoms with Crippen molar-refractivity contribution < 1.29 is 4.74 Å². The van der Waals surface area contributed by atoms with Crippen molar-refractivity contribution in [2.45, 2.75) is 19.8 Å². The van der Waals surface area contributed by atoms with E-state index in [1.165, 1.54) is 16.9 Å². The topological polar surface area (TPSA) is 45.7 Å². The van der Waals surface area contributed by atoms with Crippen molar-refractivity contribution in [3.05, 3.63) is 29.3 Å². The minimum Gasteiger partial charge on any atom is -0.496 e. The minimum absolute atomic E-state index is 0.856. The van der Waals surface area contributed by atoms with Crippen LogP contribution < -0.4 is 15.4 Å². The maximum atomic E-state index is 5.35. The largest absolute Gasteiger partial charge is 0.496 e. The highest BCUT2D eigenvalue weighted by molar-refractivity contribution is 7.98. The van der Waals surface area contributed by atoms with E-state index in [1.807, 2.05) is 11.8 Å². The Morgan fingerprint density at radius 2 is 2.05 bits per heavy atom. The second-order valence-electron chi connectivity index (χ2n) is 4.83. The lowest BCUT2D eigenvalue weighted by atomic mass is 10.1. The number of nitrogens with one attached hydrogen (secondary N) is 2. The Kier molecular flexibility index (Phi) is 8.74. The molecule has 118 valence electrons. The first kappa shape index (κ1) is 17.7. The molecule has 0 bridgehead atoms. The Balaban J connectivity index is 2.34. The molecule has 0 heterocycles. The van der Waals surface area contributed by atoms with E-state index in [0.717, 1.165) is 37.6 Å². The zero-order valence-electron chi connectivity index (χ0n) is 13.5. The van der Waals surface area contributed by atoms with Gasteiger partial charge in [0.2, 0.25) is 0 Å². The molecule has 0 aliphatic rings. The Morgan fingerprint density at radius 3 is 2.71 bits per heavy atom. The smallest absolute Gasteiger partial charge is 0.190 e. The van der Waals surface area contributed by atoms with Crippen LogP contribution in [0.2, 0.25) is 0 Å². The van der Waals surface area contributed by atoms with Gasteiger partial charge in [-0.3, -0.25) is 4.99 Å². The van der Waals surface area contributed by atoms with Gasteiger partial charge in [0, 0.05) is 20.1 Å². The third-order valence-electron chi connectivity index (χ3n) is 3.22. The molecule has 0 saturated heterocycles. The summed E-state index contributed by atoms with van der Waals surface area (Å²) in [5.74, 6) is 3.00. The predicted octanol–water partition coefficient (Wildman–Crippen LogP) is 2.46. The molecule has 0 spiro atoms. The van der Waals surface area contributed by atoms with Crippen molar-refractivity contribution in [2.75, 3.05) is 39.3 Å². The van der Waals surface area contributed by atoms with E-state index in [1.54, 1.807) is 14.2 Å². The van der Waals surface area contributed by atoms with Crippen molar-refractivity contribution in [2.24, 2.45) is 4.99 Å². The van der Waals surface area contributed by atoms with Gasteiger partial charge in [-0.2, -0.15) is 11.8 Å². The monoisotopic (exact) mass is 309 g/mol. The molecule has 0 atom stereocenters. The lowest BCUT2D eigenvalue weighted by Crippen LogP contribution is -2.38. The van der Waals surface area contributed by atoms with Crippen molar-refractivity contribution in [3.63, 3.8) is 0 Å². The number of ether oxygens (including phenoxy) is 1. The van der Waals surface area contributed by atoms with Crippen molar-refractivity contribution in [3.8, 4) is 5.75 Å². The van der Waals surface area contributed by atoms with Gasteiger partial charge in [-0.05, 0) is 49.0 Å². The van der Waals surface area contributed by atoms with Crippen LogP contribution in [0, 0.1) is 6.92 Å². The van der Waals surface area contributed by atoms with Crippen LogP contribution in [-0.2, 0) is 6.42 Å². The number of methoxy groups -OCH3 is 1. The molecule has 4 nitrogen and oxygen atoms in total. The van der Waals surface area contributed by atoms with Crippen LogP contribution in [0.4, 0.5) is 0 Å². The molecule has 1 rings (SSSR count).